The summed E-state index contributed by atoms with van der Waals surface area (Å²) in [6.45, 7) is 6.48. The molecular weight excluding hydrogens is 376 g/mol. The molecule has 1 unspecified atom stereocenters. The normalized spacial score (nSPS) is 11.5. The topological polar surface area (TPSA) is 55.8 Å². The number of rotatable bonds is 10. The number of carboxylic acids is 1. The van der Waals surface area contributed by atoms with Crippen molar-refractivity contribution < 1.29 is 19.4 Å². The van der Waals surface area contributed by atoms with Crippen molar-refractivity contribution in [2.45, 2.75) is 32.5 Å². The van der Waals surface area contributed by atoms with E-state index in [4.69, 9.17) is 9.47 Å². The van der Waals surface area contributed by atoms with Crippen LogP contribution in [-0.4, -0.2) is 11.1 Å². The fraction of sp³-hybridized carbons (Fsp3) is 0.192. The Morgan fingerprint density at radius 2 is 1.33 bits per heavy atom. The lowest BCUT2D eigenvalue weighted by molar-refractivity contribution is -0.138. The van der Waals surface area contributed by atoms with E-state index in [0.717, 1.165) is 16.7 Å². The third-order valence-electron chi connectivity index (χ3n) is 4.65. The van der Waals surface area contributed by atoms with Gasteiger partial charge in [0, 0.05) is 6.07 Å². The molecule has 0 aliphatic carbocycles. The predicted molar refractivity (Wildman–Crippen MR) is 118 cm³/mol. The van der Waals surface area contributed by atoms with Gasteiger partial charge in [0.2, 0.25) is 0 Å². The van der Waals surface area contributed by atoms with Crippen molar-refractivity contribution >= 4 is 5.97 Å². The highest BCUT2D eigenvalue weighted by Gasteiger charge is 2.22. The molecule has 0 fully saturated rings. The molecule has 0 aromatic heterocycles. The van der Waals surface area contributed by atoms with E-state index in [1.807, 2.05) is 67.6 Å². The highest BCUT2D eigenvalue weighted by atomic mass is 16.5. The highest BCUT2D eigenvalue weighted by molar-refractivity contribution is 5.77. The summed E-state index contributed by atoms with van der Waals surface area (Å²) in [5, 5.41) is 9.75. The van der Waals surface area contributed by atoms with Crippen LogP contribution in [0.25, 0.3) is 0 Å². The lowest BCUT2D eigenvalue weighted by Gasteiger charge is -2.17. The van der Waals surface area contributed by atoms with Crippen molar-refractivity contribution in [3.63, 3.8) is 0 Å². The maximum absolute atomic E-state index is 11.9. The van der Waals surface area contributed by atoms with Gasteiger partial charge in [-0.1, -0.05) is 66.2 Å². The Hall–Kier alpha value is -3.53. The zero-order valence-electron chi connectivity index (χ0n) is 17.1. The van der Waals surface area contributed by atoms with Gasteiger partial charge in [-0.3, -0.25) is 4.79 Å². The molecule has 4 nitrogen and oxygen atoms in total. The summed E-state index contributed by atoms with van der Waals surface area (Å²) in [6.07, 6.45) is 0.357. The van der Waals surface area contributed by atoms with E-state index < -0.39 is 11.9 Å². The summed E-state index contributed by atoms with van der Waals surface area (Å²) in [4.78, 5) is 11.9. The molecule has 154 valence electrons. The fourth-order valence-corrected chi connectivity index (χ4v) is 3.14. The summed E-state index contributed by atoms with van der Waals surface area (Å²) >= 11 is 0. The van der Waals surface area contributed by atoms with Crippen molar-refractivity contribution in [2.24, 2.45) is 0 Å². The van der Waals surface area contributed by atoms with Gasteiger partial charge in [-0.15, -0.1) is 6.58 Å². The minimum absolute atomic E-state index is 0.357. The Labute approximate surface area is 177 Å². The van der Waals surface area contributed by atoms with Gasteiger partial charge >= 0.3 is 5.97 Å². The zero-order valence-corrected chi connectivity index (χ0v) is 17.1. The number of allylic oxidation sites excluding steroid dienone is 1. The number of carbonyl (C=O) groups is 1. The summed E-state index contributed by atoms with van der Waals surface area (Å²) in [5.74, 6) is -0.450. The van der Waals surface area contributed by atoms with E-state index in [0.29, 0.717) is 36.7 Å². The summed E-state index contributed by atoms with van der Waals surface area (Å²) < 4.78 is 11.9. The van der Waals surface area contributed by atoms with Gasteiger partial charge in [-0.2, -0.15) is 0 Å². The zero-order chi connectivity index (χ0) is 21.3. The van der Waals surface area contributed by atoms with Crippen molar-refractivity contribution in [2.75, 3.05) is 0 Å². The molecule has 3 aromatic carbocycles. The number of hydrogen-bond donors (Lipinski definition) is 1. The fourth-order valence-electron chi connectivity index (χ4n) is 3.14. The van der Waals surface area contributed by atoms with E-state index in [9.17, 15) is 9.90 Å². The second kappa shape index (κ2) is 10.3. The van der Waals surface area contributed by atoms with E-state index in [-0.39, 0.29) is 0 Å². The van der Waals surface area contributed by atoms with Gasteiger partial charge in [0.05, 0.1) is 5.92 Å². The van der Waals surface area contributed by atoms with E-state index in [1.165, 1.54) is 0 Å². The van der Waals surface area contributed by atoms with Gasteiger partial charge in [0.1, 0.15) is 24.7 Å². The third kappa shape index (κ3) is 6.24. The number of benzene rings is 3. The Kier molecular flexibility index (Phi) is 7.28. The van der Waals surface area contributed by atoms with Crippen molar-refractivity contribution in [3.8, 4) is 11.5 Å². The SMILES string of the molecule is C=C(C)CC(C(=O)O)c1cc(OCc2ccccc2)cc(OCc2ccccc2)c1. The molecule has 1 atom stereocenters. The van der Waals surface area contributed by atoms with Gasteiger partial charge in [0.25, 0.3) is 0 Å². The first kappa shape index (κ1) is 21.2. The molecule has 0 saturated heterocycles. The number of ether oxygens (including phenoxy) is 2. The maximum Gasteiger partial charge on any atom is 0.311 e. The molecule has 0 amide bonds. The van der Waals surface area contributed by atoms with Crippen molar-refractivity contribution in [1.82, 2.24) is 0 Å². The first-order valence-corrected chi connectivity index (χ1v) is 9.87. The molecule has 3 rings (SSSR count). The monoisotopic (exact) mass is 402 g/mol. The molecule has 0 aliphatic rings. The predicted octanol–water partition coefficient (Wildman–Crippen LogP) is 5.98. The van der Waals surface area contributed by atoms with Crippen LogP contribution in [0.15, 0.2) is 91.0 Å². The molecule has 0 spiro atoms. The Bertz CT molecular complexity index is 919. The molecule has 1 N–H and O–H groups in total. The molecule has 4 heteroatoms. The molecular formula is C26H26O4. The summed E-state index contributed by atoms with van der Waals surface area (Å²) in [7, 11) is 0. The van der Waals surface area contributed by atoms with Crippen LogP contribution in [0.2, 0.25) is 0 Å². The average Bonchev–Trinajstić information content (AvgIpc) is 2.75. The molecule has 0 radical (unpaired) electrons. The first-order chi connectivity index (χ1) is 14.5. The minimum Gasteiger partial charge on any atom is -0.489 e. The lowest BCUT2D eigenvalue weighted by atomic mass is 9.92. The molecule has 0 bridgehead atoms. The summed E-state index contributed by atoms with van der Waals surface area (Å²) in [6, 6.07) is 25.0. The second-order valence-electron chi connectivity index (χ2n) is 7.34. The van der Waals surface area contributed by atoms with Crippen LogP contribution in [0.3, 0.4) is 0 Å². The van der Waals surface area contributed by atoms with Crippen LogP contribution in [0.1, 0.15) is 36.0 Å². The number of aliphatic carboxylic acids is 1. The smallest absolute Gasteiger partial charge is 0.311 e. The average molecular weight is 402 g/mol. The quantitative estimate of drug-likeness (QED) is 0.424. The van der Waals surface area contributed by atoms with Crippen molar-refractivity contribution in [3.05, 3.63) is 108 Å². The highest BCUT2D eigenvalue weighted by Crippen LogP contribution is 2.32. The molecule has 30 heavy (non-hydrogen) atoms. The van der Waals surface area contributed by atoms with Crippen LogP contribution in [-0.2, 0) is 18.0 Å². The minimum atomic E-state index is -0.896. The second-order valence-corrected chi connectivity index (χ2v) is 7.34. The van der Waals surface area contributed by atoms with Crippen LogP contribution < -0.4 is 9.47 Å². The number of hydrogen-bond acceptors (Lipinski definition) is 3. The Balaban J connectivity index is 1.85. The molecule has 0 saturated carbocycles. The van der Waals surface area contributed by atoms with Crippen LogP contribution >= 0.6 is 0 Å². The van der Waals surface area contributed by atoms with Crippen LogP contribution in [0.5, 0.6) is 11.5 Å². The van der Waals surface area contributed by atoms with Gasteiger partial charge in [0.15, 0.2) is 0 Å². The lowest BCUT2D eigenvalue weighted by Crippen LogP contribution is -2.12. The van der Waals surface area contributed by atoms with E-state index in [1.54, 1.807) is 18.2 Å². The largest absolute Gasteiger partial charge is 0.489 e. The van der Waals surface area contributed by atoms with Gasteiger partial charge in [-0.05, 0) is 42.2 Å². The van der Waals surface area contributed by atoms with E-state index >= 15 is 0 Å². The van der Waals surface area contributed by atoms with Gasteiger partial charge in [-0.25, -0.2) is 0 Å². The maximum atomic E-state index is 11.9. The Morgan fingerprint density at radius 1 is 0.867 bits per heavy atom. The summed E-state index contributed by atoms with van der Waals surface area (Å²) in [5.41, 5.74) is 3.52. The standard InChI is InChI=1S/C26H26O4/c1-19(2)13-25(26(27)28)22-14-23(29-17-20-9-5-3-6-10-20)16-24(15-22)30-18-21-11-7-4-8-12-21/h3-12,14-16,25H,1,13,17-18H2,2H3,(H,27,28). The van der Waals surface area contributed by atoms with Gasteiger partial charge < -0.3 is 14.6 Å². The van der Waals surface area contributed by atoms with E-state index in [2.05, 4.69) is 6.58 Å². The first-order valence-electron chi connectivity index (χ1n) is 9.87. The molecule has 0 aliphatic heterocycles. The van der Waals surface area contributed by atoms with Crippen LogP contribution in [0, 0.1) is 0 Å². The third-order valence-corrected chi connectivity index (χ3v) is 4.65. The van der Waals surface area contributed by atoms with Crippen molar-refractivity contribution in [1.29, 1.82) is 0 Å². The molecule has 0 heterocycles. The molecule has 3 aromatic rings. The number of carboxylic acid groups (broad SMARTS) is 1. The van der Waals surface area contributed by atoms with Crippen LogP contribution in [0.4, 0.5) is 0 Å². The Morgan fingerprint density at radius 3 is 1.73 bits per heavy atom.